The Bertz CT molecular complexity index is 1100. The monoisotopic (exact) mass is 495 g/mol. The SMILES string of the molecule is CC1(C)C(c2cc(C(=O)O)no2)=CC[C@@]2(C)C1CC[C@]1(C)C2CC[C@@H]2C3CCC[C@]3(CO)CC[C@]21C. The number of hydrogen-bond donors (Lipinski definition) is 2. The highest BCUT2D eigenvalue weighted by Crippen LogP contribution is 2.77. The van der Waals surface area contributed by atoms with Crippen molar-refractivity contribution in [2.75, 3.05) is 6.61 Å². The van der Waals surface area contributed by atoms with Crippen molar-refractivity contribution in [2.45, 2.75) is 98.8 Å². The molecule has 5 aliphatic carbocycles. The van der Waals surface area contributed by atoms with Gasteiger partial charge in [0.05, 0.1) is 0 Å². The van der Waals surface area contributed by atoms with Gasteiger partial charge in [-0.3, -0.25) is 0 Å². The normalized spacial score (nSPS) is 47.2. The number of hydrogen-bond acceptors (Lipinski definition) is 4. The van der Waals surface area contributed by atoms with Crippen LogP contribution in [0, 0.1) is 50.7 Å². The summed E-state index contributed by atoms with van der Waals surface area (Å²) in [4.78, 5) is 11.4. The molecule has 198 valence electrons. The average Bonchev–Trinajstić information content (AvgIpc) is 3.47. The average molecular weight is 496 g/mol. The van der Waals surface area contributed by atoms with Gasteiger partial charge in [-0.15, -0.1) is 0 Å². The Labute approximate surface area is 216 Å². The van der Waals surface area contributed by atoms with Crippen LogP contribution in [-0.2, 0) is 0 Å². The lowest BCUT2D eigenvalue weighted by Gasteiger charge is -2.72. The van der Waals surface area contributed by atoms with E-state index in [4.69, 9.17) is 4.52 Å². The zero-order valence-electron chi connectivity index (χ0n) is 22.9. The molecular weight excluding hydrogens is 450 g/mol. The summed E-state index contributed by atoms with van der Waals surface area (Å²) in [6.45, 7) is 12.9. The molecule has 0 spiro atoms. The Kier molecular flexibility index (Phi) is 5.29. The number of allylic oxidation sites excluding steroid dienone is 2. The molecule has 0 aliphatic heterocycles. The van der Waals surface area contributed by atoms with Crippen molar-refractivity contribution >= 4 is 11.5 Å². The summed E-state index contributed by atoms with van der Waals surface area (Å²) in [6, 6.07) is 1.61. The standard InChI is InChI=1S/C31H45NO4/c1-27(2)21(23-17-22(26(34)35)32-36-23)10-13-28(3)24(27)11-14-30(5)25(28)9-8-19-20-7-6-12-31(20,18-33)16-15-29(19,30)4/h10,17,19-20,24-25,33H,6-9,11-16,18H2,1-5H3,(H,34,35)/t19-,20?,24?,25?,28+,29-,30-,31-/m1/s1. The first-order valence-corrected chi connectivity index (χ1v) is 14.4. The third-order valence-electron chi connectivity index (χ3n) is 13.4. The first kappa shape index (κ1) is 24.7. The van der Waals surface area contributed by atoms with Crippen molar-refractivity contribution in [3.8, 4) is 0 Å². The molecule has 1 aromatic rings. The topological polar surface area (TPSA) is 83.6 Å². The zero-order chi connectivity index (χ0) is 25.7. The molecule has 5 aliphatic rings. The molecule has 4 saturated carbocycles. The van der Waals surface area contributed by atoms with Gasteiger partial charge < -0.3 is 14.7 Å². The molecule has 0 amide bonds. The van der Waals surface area contributed by atoms with Gasteiger partial charge in [-0.2, -0.15) is 0 Å². The van der Waals surface area contributed by atoms with Crippen LogP contribution in [0.3, 0.4) is 0 Å². The molecule has 5 nitrogen and oxygen atoms in total. The Morgan fingerprint density at radius 2 is 1.75 bits per heavy atom. The van der Waals surface area contributed by atoms with Crippen LogP contribution in [-0.4, -0.2) is 27.9 Å². The summed E-state index contributed by atoms with van der Waals surface area (Å²) >= 11 is 0. The van der Waals surface area contributed by atoms with E-state index in [0.717, 1.165) is 17.9 Å². The van der Waals surface area contributed by atoms with Gasteiger partial charge in [0.15, 0.2) is 11.5 Å². The fourth-order valence-corrected chi connectivity index (χ4v) is 11.5. The van der Waals surface area contributed by atoms with Gasteiger partial charge in [0.2, 0.25) is 0 Å². The van der Waals surface area contributed by atoms with Gasteiger partial charge in [-0.25, -0.2) is 4.79 Å². The van der Waals surface area contributed by atoms with Crippen LogP contribution in [0.25, 0.3) is 5.57 Å². The molecular formula is C31H45NO4. The minimum atomic E-state index is -1.04. The Hall–Kier alpha value is -1.62. The molecule has 0 bridgehead atoms. The maximum absolute atomic E-state index is 11.4. The third kappa shape index (κ3) is 2.93. The summed E-state index contributed by atoms with van der Waals surface area (Å²) in [7, 11) is 0. The smallest absolute Gasteiger partial charge is 0.358 e. The summed E-state index contributed by atoms with van der Waals surface area (Å²) in [5.41, 5.74) is 2.08. The first-order chi connectivity index (χ1) is 16.9. The second-order valence-corrected chi connectivity index (χ2v) is 14.6. The first-order valence-electron chi connectivity index (χ1n) is 14.4. The number of carboxylic acids is 1. The number of aliphatic hydroxyl groups is 1. The third-order valence-corrected chi connectivity index (χ3v) is 13.4. The molecule has 0 aromatic carbocycles. The molecule has 1 heterocycles. The lowest BCUT2D eigenvalue weighted by atomic mass is 9.33. The van der Waals surface area contributed by atoms with Gasteiger partial charge in [-0.1, -0.05) is 52.3 Å². The van der Waals surface area contributed by atoms with Crippen LogP contribution in [0.5, 0.6) is 0 Å². The minimum Gasteiger partial charge on any atom is -0.476 e. The maximum Gasteiger partial charge on any atom is 0.358 e. The van der Waals surface area contributed by atoms with E-state index >= 15 is 0 Å². The molecule has 36 heavy (non-hydrogen) atoms. The second-order valence-electron chi connectivity index (χ2n) is 14.6. The summed E-state index contributed by atoms with van der Waals surface area (Å²) < 4.78 is 5.57. The fourth-order valence-electron chi connectivity index (χ4n) is 11.5. The van der Waals surface area contributed by atoms with Crippen molar-refractivity contribution in [3.63, 3.8) is 0 Å². The van der Waals surface area contributed by atoms with Gasteiger partial charge in [0.1, 0.15) is 0 Å². The summed E-state index contributed by atoms with van der Waals surface area (Å²) in [5, 5.41) is 23.7. The molecule has 5 heteroatoms. The van der Waals surface area contributed by atoms with Crippen LogP contribution in [0.4, 0.5) is 0 Å². The van der Waals surface area contributed by atoms with E-state index in [2.05, 4.69) is 45.9 Å². The Morgan fingerprint density at radius 3 is 2.44 bits per heavy atom. The zero-order valence-corrected chi connectivity index (χ0v) is 22.9. The highest BCUT2D eigenvalue weighted by molar-refractivity contribution is 5.86. The minimum absolute atomic E-state index is 0.0133. The molecule has 0 radical (unpaired) electrons. The second kappa shape index (κ2) is 7.71. The van der Waals surface area contributed by atoms with Crippen molar-refractivity contribution in [2.24, 2.45) is 50.7 Å². The van der Waals surface area contributed by atoms with Gasteiger partial charge in [0.25, 0.3) is 0 Å². The molecule has 1 aromatic heterocycles. The predicted molar refractivity (Wildman–Crippen MR) is 139 cm³/mol. The van der Waals surface area contributed by atoms with Crippen LogP contribution in [0.1, 0.15) is 115 Å². The molecule has 2 N–H and O–H groups in total. The van der Waals surface area contributed by atoms with E-state index in [0.29, 0.717) is 41.0 Å². The Morgan fingerprint density at radius 1 is 0.972 bits per heavy atom. The van der Waals surface area contributed by atoms with Crippen LogP contribution < -0.4 is 0 Å². The molecule has 0 saturated heterocycles. The van der Waals surface area contributed by atoms with E-state index in [1.165, 1.54) is 57.8 Å². The quantitative estimate of drug-likeness (QED) is 0.463. The number of aromatic nitrogens is 1. The van der Waals surface area contributed by atoms with E-state index < -0.39 is 5.97 Å². The van der Waals surface area contributed by atoms with Crippen LogP contribution in [0.15, 0.2) is 16.7 Å². The van der Waals surface area contributed by atoms with Gasteiger partial charge in [-0.05, 0) is 114 Å². The number of nitrogens with zero attached hydrogens (tertiary/aromatic N) is 1. The number of carbonyl (C=O) groups is 1. The van der Waals surface area contributed by atoms with Crippen molar-refractivity contribution in [3.05, 3.63) is 23.6 Å². The molecule has 4 fully saturated rings. The van der Waals surface area contributed by atoms with E-state index in [1.54, 1.807) is 6.07 Å². The van der Waals surface area contributed by atoms with Crippen molar-refractivity contribution in [1.29, 1.82) is 0 Å². The fraction of sp³-hybridized carbons (Fsp3) is 0.806. The molecule has 3 unspecified atom stereocenters. The maximum atomic E-state index is 11.4. The Balaban J connectivity index is 1.36. The highest BCUT2D eigenvalue weighted by Gasteiger charge is 2.69. The number of carboxylic acid groups (broad SMARTS) is 1. The van der Waals surface area contributed by atoms with Crippen molar-refractivity contribution in [1.82, 2.24) is 5.16 Å². The number of aliphatic hydroxyl groups excluding tert-OH is 1. The van der Waals surface area contributed by atoms with E-state index in [-0.39, 0.29) is 21.9 Å². The lowest BCUT2D eigenvalue weighted by Crippen LogP contribution is -2.65. The number of fused-ring (bicyclic) bond motifs is 7. The summed E-state index contributed by atoms with van der Waals surface area (Å²) in [5.74, 6) is 2.23. The molecule has 8 atom stereocenters. The van der Waals surface area contributed by atoms with E-state index in [1.807, 2.05) is 0 Å². The highest BCUT2D eigenvalue weighted by atomic mass is 16.5. The van der Waals surface area contributed by atoms with Crippen molar-refractivity contribution < 1.29 is 19.5 Å². The number of aromatic carboxylic acids is 1. The van der Waals surface area contributed by atoms with Gasteiger partial charge in [0, 0.05) is 12.7 Å². The largest absolute Gasteiger partial charge is 0.476 e. The van der Waals surface area contributed by atoms with E-state index in [9.17, 15) is 15.0 Å². The van der Waals surface area contributed by atoms with Crippen LogP contribution in [0.2, 0.25) is 0 Å². The molecule has 6 rings (SSSR count). The lowest BCUT2D eigenvalue weighted by molar-refractivity contribution is -0.225. The number of rotatable bonds is 3. The summed E-state index contributed by atoms with van der Waals surface area (Å²) in [6.07, 6.45) is 14.8. The van der Waals surface area contributed by atoms with Gasteiger partial charge >= 0.3 is 5.97 Å². The van der Waals surface area contributed by atoms with Crippen LogP contribution >= 0.6 is 0 Å². The predicted octanol–water partition coefficient (Wildman–Crippen LogP) is 7.21.